The van der Waals surface area contributed by atoms with Crippen molar-refractivity contribution in [1.82, 2.24) is 4.72 Å². The van der Waals surface area contributed by atoms with E-state index in [2.05, 4.69) is 10.8 Å². The Kier molecular flexibility index (Phi) is 8.25. The highest BCUT2D eigenvalue weighted by Gasteiger charge is 2.15. The Hall–Kier alpha value is -1.06. The lowest BCUT2D eigenvalue weighted by atomic mass is 10.2. The van der Waals surface area contributed by atoms with Crippen molar-refractivity contribution in [2.45, 2.75) is 17.6 Å². The fraction of sp³-hybridized carbons (Fsp3) is 0.412. The van der Waals surface area contributed by atoms with Crippen LogP contribution in [0.15, 0.2) is 40.6 Å². The molecule has 1 aromatic carbocycles. The standard InChI is InChI=1S/C17H23NO4S3/c1-14-12-16(5-6-17(14)22-9-8-21-2)25(19,20)18-7-11-23-13-15-4-3-10-24-15/h3-6,10,12,18H,7-9,11,13H2,1-2H3. The van der Waals surface area contributed by atoms with Crippen LogP contribution < -0.4 is 9.46 Å². The maximum absolute atomic E-state index is 12.4. The molecule has 0 fully saturated rings. The summed E-state index contributed by atoms with van der Waals surface area (Å²) in [5, 5.41) is 2.05. The molecule has 138 valence electrons. The van der Waals surface area contributed by atoms with Crippen LogP contribution in [0.3, 0.4) is 0 Å². The number of ether oxygens (including phenoxy) is 2. The first-order valence-corrected chi connectivity index (χ1v) is 11.4. The number of aryl methyl sites for hydroxylation is 1. The minimum absolute atomic E-state index is 0.257. The third kappa shape index (κ3) is 6.63. The number of thioether (sulfide) groups is 1. The third-order valence-electron chi connectivity index (χ3n) is 3.36. The lowest BCUT2D eigenvalue weighted by Crippen LogP contribution is -2.26. The van der Waals surface area contributed by atoms with Gasteiger partial charge in [-0.2, -0.15) is 11.8 Å². The Morgan fingerprint density at radius 3 is 2.76 bits per heavy atom. The molecular weight excluding hydrogens is 378 g/mol. The highest BCUT2D eigenvalue weighted by molar-refractivity contribution is 7.98. The molecule has 5 nitrogen and oxygen atoms in total. The van der Waals surface area contributed by atoms with E-state index >= 15 is 0 Å². The molecule has 0 aliphatic heterocycles. The Labute approximate surface area is 157 Å². The molecule has 1 aromatic heterocycles. The first kappa shape index (κ1) is 20.3. The minimum atomic E-state index is -3.50. The van der Waals surface area contributed by atoms with Gasteiger partial charge in [0.15, 0.2) is 0 Å². The number of methoxy groups -OCH3 is 1. The van der Waals surface area contributed by atoms with Crippen molar-refractivity contribution in [2.24, 2.45) is 0 Å². The van der Waals surface area contributed by atoms with Crippen LogP contribution in [0.2, 0.25) is 0 Å². The fourth-order valence-corrected chi connectivity index (χ4v) is 5.03. The van der Waals surface area contributed by atoms with Crippen LogP contribution in [0, 0.1) is 6.92 Å². The molecule has 0 saturated carbocycles. The van der Waals surface area contributed by atoms with E-state index < -0.39 is 10.0 Å². The molecule has 2 aromatic rings. The smallest absolute Gasteiger partial charge is 0.240 e. The van der Waals surface area contributed by atoms with Crippen LogP contribution >= 0.6 is 23.1 Å². The van der Waals surface area contributed by atoms with E-state index in [1.807, 2.05) is 18.4 Å². The average molecular weight is 402 g/mol. The number of sulfonamides is 1. The molecule has 8 heteroatoms. The van der Waals surface area contributed by atoms with Gasteiger partial charge in [0.2, 0.25) is 10.0 Å². The second kappa shape index (κ2) is 10.2. The van der Waals surface area contributed by atoms with Gasteiger partial charge in [-0.25, -0.2) is 13.1 Å². The maximum Gasteiger partial charge on any atom is 0.240 e. The Bertz CT molecular complexity index is 745. The molecule has 0 aliphatic rings. The molecule has 2 rings (SSSR count). The van der Waals surface area contributed by atoms with Crippen LogP contribution in [0.1, 0.15) is 10.4 Å². The highest BCUT2D eigenvalue weighted by Crippen LogP contribution is 2.22. The molecule has 0 saturated heterocycles. The van der Waals surface area contributed by atoms with Crippen molar-refractivity contribution >= 4 is 33.1 Å². The van der Waals surface area contributed by atoms with Gasteiger partial charge in [-0.15, -0.1) is 11.3 Å². The van der Waals surface area contributed by atoms with Gasteiger partial charge in [-0.05, 0) is 42.1 Å². The summed E-state index contributed by atoms with van der Waals surface area (Å²) in [6.07, 6.45) is 0. The van der Waals surface area contributed by atoms with E-state index in [9.17, 15) is 8.42 Å². The van der Waals surface area contributed by atoms with Crippen molar-refractivity contribution in [2.75, 3.05) is 32.6 Å². The molecule has 0 radical (unpaired) electrons. The van der Waals surface area contributed by atoms with Crippen LogP contribution in [-0.4, -0.2) is 41.0 Å². The van der Waals surface area contributed by atoms with Crippen LogP contribution in [0.25, 0.3) is 0 Å². The first-order valence-electron chi connectivity index (χ1n) is 7.85. The van der Waals surface area contributed by atoms with Gasteiger partial charge in [0, 0.05) is 30.0 Å². The van der Waals surface area contributed by atoms with Gasteiger partial charge in [-0.1, -0.05) is 6.07 Å². The van der Waals surface area contributed by atoms with Crippen molar-refractivity contribution in [3.8, 4) is 5.75 Å². The van der Waals surface area contributed by atoms with E-state index in [0.29, 0.717) is 25.5 Å². The van der Waals surface area contributed by atoms with Gasteiger partial charge in [0.1, 0.15) is 12.4 Å². The van der Waals surface area contributed by atoms with Gasteiger partial charge < -0.3 is 9.47 Å². The van der Waals surface area contributed by atoms with Gasteiger partial charge in [0.05, 0.1) is 11.5 Å². The van der Waals surface area contributed by atoms with E-state index in [1.165, 1.54) is 4.88 Å². The molecule has 0 amide bonds. The van der Waals surface area contributed by atoms with Gasteiger partial charge >= 0.3 is 0 Å². The lowest BCUT2D eigenvalue weighted by Gasteiger charge is -2.11. The third-order valence-corrected chi connectivity index (χ3v) is 6.89. The largest absolute Gasteiger partial charge is 0.491 e. The highest BCUT2D eigenvalue weighted by atomic mass is 32.2. The van der Waals surface area contributed by atoms with E-state index in [-0.39, 0.29) is 4.90 Å². The first-order chi connectivity index (χ1) is 12.0. The summed E-state index contributed by atoms with van der Waals surface area (Å²) in [7, 11) is -1.89. The Morgan fingerprint density at radius 1 is 1.24 bits per heavy atom. The quantitative estimate of drug-likeness (QED) is 0.585. The average Bonchev–Trinajstić information content (AvgIpc) is 3.09. The number of hydrogen-bond acceptors (Lipinski definition) is 6. The maximum atomic E-state index is 12.4. The van der Waals surface area contributed by atoms with Crippen molar-refractivity contribution < 1.29 is 17.9 Å². The van der Waals surface area contributed by atoms with Crippen LogP contribution in [0.5, 0.6) is 5.75 Å². The van der Waals surface area contributed by atoms with E-state index in [0.717, 1.165) is 17.1 Å². The molecule has 0 aliphatic carbocycles. The second-order valence-corrected chi connectivity index (χ2v) is 9.20. The van der Waals surface area contributed by atoms with Crippen LogP contribution in [-0.2, 0) is 20.5 Å². The fourth-order valence-electron chi connectivity index (χ4n) is 2.08. The van der Waals surface area contributed by atoms with Gasteiger partial charge in [-0.3, -0.25) is 0 Å². The normalized spacial score (nSPS) is 11.6. The molecule has 0 unspecified atom stereocenters. The summed E-state index contributed by atoms with van der Waals surface area (Å²) < 4.78 is 37.9. The Morgan fingerprint density at radius 2 is 2.08 bits per heavy atom. The summed E-state index contributed by atoms with van der Waals surface area (Å²) in [5.41, 5.74) is 0.783. The summed E-state index contributed by atoms with van der Waals surface area (Å²) in [5.74, 6) is 2.31. The second-order valence-electron chi connectivity index (χ2n) is 5.30. The van der Waals surface area contributed by atoms with Crippen molar-refractivity contribution in [3.05, 3.63) is 46.2 Å². The van der Waals surface area contributed by atoms with Crippen molar-refractivity contribution in [3.63, 3.8) is 0 Å². The lowest BCUT2D eigenvalue weighted by molar-refractivity contribution is 0.146. The van der Waals surface area contributed by atoms with Crippen molar-refractivity contribution in [1.29, 1.82) is 0 Å². The zero-order chi connectivity index (χ0) is 18.1. The topological polar surface area (TPSA) is 64.6 Å². The summed E-state index contributed by atoms with van der Waals surface area (Å²) in [4.78, 5) is 1.56. The molecule has 1 heterocycles. The van der Waals surface area contributed by atoms with E-state index in [4.69, 9.17) is 9.47 Å². The molecule has 1 N–H and O–H groups in total. The molecular formula is C17H23NO4S3. The van der Waals surface area contributed by atoms with E-state index in [1.54, 1.807) is 48.4 Å². The SMILES string of the molecule is COCCOc1ccc(S(=O)(=O)NCCSCc2cccs2)cc1C. The minimum Gasteiger partial charge on any atom is -0.491 e. The monoisotopic (exact) mass is 401 g/mol. The zero-order valence-corrected chi connectivity index (χ0v) is 16.8. The molecule has 25 heavy (non-hydrogen) atoms. The Balaban J connectivity index is 1.82. The summed E-state index contributed by atoms with van der Waals surface area (Å²) in [6, 6.07) is 8.99. The number of hydrogen-bond donors (Lipinski definition) is 1. The molecule has 0 atom stereocenters. The predicted molar refractivity (Wildman–Crippen MR) is 104 cm³/mol. The van der Waals surface area contributed by atoms with Gasteiger partial charge in [0.25, 0.3) is 0 Å². The summed E-state index contributed by atoms with van der Waals surface area (Å²) in [6.45, 7) is 3.16. The predicted octanol–water partition coefficient (Wildman–Crippen LogP) is 3.29. The van der Waals surface area contributed by atoms with Crippen LogP contribution in [0.4, 0.5) is 0 Å². The number of thiophene rings is 1. The summed E-state index contributed by atoms with van der Waals surface area (Å²) >= 11 is 3.43. The number of rotatable bonds is 11. The molecule has 0 bridgehead atoms. The molecule has 0 spiro atoms. The zero-order valence-electron chi connectivity index (χ0n) is 14.4. The number of nitrogens with one attached hydrogen (secondary N) is 1. The number of benzene rings is 1.